The fourth-order valence-corrected chi connectivity index (χ4v) is 3.37. The van der Waals surface area contributed by atoms with Gasteiger partial charge in [-0.15, -0.1) is 5.06 Å². The van der Waals surface area contributed by atoms with E-state index in [-0.39, 0.29) is 5.97 Å². The molecule has 1 heterocycles. The van der Waals surface area contributed by atoms with Crippen LogP contribution in [0, 0.1) is 0 Å². The van der Waals surface area contributed by atoms with Crippen molar-refractivity contribution in [2.45, 2.75) is 38.2 Å². The molecule has 0 atom stereocenters. The molecule has 0 spiro atoms. The first-order chi connectivity index (χ1) is 12.8. The van der Waals surface area contributed by atoms with E-state index in [9.17, 15) is 4.79 Å². The van der Waals surface area contributed by atoms with Crippen molar-refractivity contribution in [2.24, 2.45) is 0 Å². The van der Waals surface area contributed by atoms with Gasteiger partial charge in [-0.05, 0) is 30.4 Å². The maximum absolute atomic E-state index is 13.5. The van der Waals surface area contributed by atoms with Gasteiger partial charge in [-0.2, -0.15) is 0 Å². The number of rotatable bonds is 7. The van der Waals surface area contributed by atoms with Crippen LogP contribution in [-0.2, 0) is 20.0 Å². The zero-order chi connectivity index (χ0) is 18.2. The summed E-state index contributed by atoms with van der Waals surface area (Å²) in [7, 11) is 0. The lowest BCUT2D eigenvalue weighted by Crippen LogP contribution is -2.45. The van der Waals surface area contributed by atoms with Gasteiger partial charge in [-0.25, -0.2) is 4.79 Å². The molecule has 2 aromatic rings. The minimum atomic E-state index is -1.25. The van der Waals surface area contributed by atoms with Gasteiger partial charge < -0.3 is 9.57 Å². The van der Waals surface area contributed by atoms with E-state index < -0.39 is 5.60 Å². The summed E-state index contributed by atoms with van der Waals surface area (Å²) in [6.45, 7) is 4.06. The van der Waals surface area contributed by atoms with Gasteiger partial charge >= 0.3 is 5.97 Å². The molecular formula is C22H27NO3. The van der Waals surface area contributed by atoms with Crippen LogP contribution in [0.5, 0.6) is 0 Å². The summed E-state index contributed by atoms with van der Waals surface area (Å²) in [5.41, 5.74) is 0.332. The van der Waals surface area contributed by atoms with Crippen molar-refractivity contribution in [3.63, 3.8) is 0 Å². The first-order valence-electron chi connectivity index (χ1n) is 9.49. The molecule has 4 heteroatoms. The Morgan fingerprint density at radius 1 is 0.923 bits per heavy atom. The molecule has 0 N–H and O–H groups in total. The maximum atomic E-state index is 13.5. The lowest BCUT2D eigenvalue weighted by Gasteiger charge is -2.35. The summed E-state index contributed by atoms with van der Waals surface area (Å²) in [4.78, 5) is 19.3. The third-order valence-electron chi connectivity index (χ3n) is 4.70. The normalized spacial score (nSPS) is 15.6. The van der Waals surface area contributed by atoms with Gasteiger partial charge in [0.2, 0.25) is 5.60 Å². The number of carbonyl (C=O) groups is 1. The number of carbonyl (C=O) groups excluding carboxylic acids is 1. The zero-order valence-corrected chi connectivity index (χ0v) is 15.4. The Morgan fingerprint density at radius 3 is 1.96 bits per heavy atom. The number of hydroxylamine groups is 2. The van der Waals surface area contributed by atoms with E-state index in [2.05, 4.69) is 0 Å². The van der Waals surface area contributed by atoms with E-state index in [4.69, 9.17) is 9.57 Å². The van der Waals surface area contributed by atoms with Crippen molar-refractivity contribution < 1.29 is 14.4 Å². The van der Waals surface area contributed by atoms with Crippen LogP contribution in [0.15, 0.2) is 60.7 Å². The molecule has 2 aromatic carbocycles. The topological polar surface area (TPSA) is 38.8 Å². The number of hydrogen-bond acceptors (Lipinski definition) is 4. The van der Waals surface area contributed by atoms with Crippen LogP contribution in [0.1, 0.15) is 43.7 Å². The molecule has 0 saturated carbocycles. The fourth-order valence-electron chi connectivity index (χ4n) is 3.37. The van der Waals surface area contributed by atoms with E-state index in [0.717, 1.165) is 43.5 Å². The van der Waals surface area contributed by atoms with Crippen LogP contribution in [0.3, 0.4) is 0 Å². The fraction of sp³-hybridized carbons (Fsp3) is 0.409. The Hall–Kier alpha value is -2.17. The van der Waals surface area contributed by atoms with Crippen LogP contribution < -0.4 is 0 Å². The Morgan fingerprint density at radius 2 is 1.46 bits per heavy atom. The van der Waals surface area contributed by atoms with E-state index in [1.54, 1.807) is 5.06 Å². The van der Waals surface area contributed by atoms with Crippen LogP contribution >= 0.6 is 0 Å². The van der Waals surface area contributed by atoms with Crippen molar-refractivity contribution >= 4 is 5.97 Å². The van der Waals surface area contributed by atoms with E-state index in [1.165, 1.54) is 6.42 Å². The second-order valence-corrected chi connectivity index (χ2v) is 6.63. The van der Waals surface area contributed by atoms with Crippen molar-refractivity contribution in [1.82, 2.24) is 5.06 Å². The number of ether oxygens (including phenoxy) is 1. The highest BCUT2D eigenvalue weighted by Crippen LogP contribution is 2.36. The summed E-state index contributed by atoms with van der Waals surface area (Å²) in [5.74, 6) is -0.370. The smallest absolute Gasteiger partial charge is 0.365 e. The highest BCUT2D eigenvalue weighted by atomic mass is 16.7. The lowest BCUT2D eigenvalue weighted by molar-refractivity contribution is -0.216. The van der Waals surface area contributed by atoms with Gasteiger partial charge in [0.25, 0.3) is 0 Å². The largest absolute Gasteiger partial charge is 0.366 e. The van der Waals surface area contributed by atoms with Crippen molar-refractivity contribution in [3.05, 3.63) is 71.8 Å². The molecule has 0 aliphatic carbocycles. The van der Waals surface area contributed by atoms with Gasteiger partial charge in [0, 0.05) is 19.7 Å². The molecule has 1 saturated heterocycles. The SMILES string of the molecule is CCCOC(C(=O)ON1CCCCC1)(c1ccccc1)c1ccccc1. The van der Waals surface area contributed by atoms with Crippen molar-refractivity contribution in [1.29, 1.82) is 0 Å². The molecule has 0 aromatic heterocycles. The van der Waals surface area contributed by atoms with Gasteiger partial charge in [-0.3, -0.25) is 0 Å². The van der Waals surface area contributed by atoms with E-state index in [0.29, 0.717) is 6.61 Å². The Labute approximate surface area is 155 Å². The first-order valence-corrected chi connectivity index (χ1v) is 9.49. The molecule has 3 rings (SSSR count). The molecular weight excluding hydrogens is 326 g/mol. The first kappa shape index (κ1) is 18.6. The molecule has 0 bridgehead atoms. The van der Waals surface area contributed by atoms with Crippen LogP contribution in [0.2, 0.25) is 0 Å². The number of nitrogens with zero attached hydrogens (tertiary/aromatic N) is 1. The summed E-state index contributed by atoms with van der Waals surface area (Å²) < 4.78 is 6.25. The van der Waals surface area contributed by atoms with Gasteiger partial charge in [0.05, 0.1) is 0 Å². The van der Waals surface area contributed by atoms with Crippen LogP contribution in [0.25, 0.3) is 0 Å². The number of benzene rings is 2. The second-order valence-electron chi connectivity index (χ2n) is 6.63. The highest BCUT2D eigenvalue weighted by Gasteiger charge is 2.46. The van der Waals surface area contributed by atoms with Gasteiger partial charge in [-0.1, -0.05) is 74.0 Å². The maximum Gasteiger partial charge on any atom is 0.366 e. The molecule has 1 aliphatic heterocycles. The third kappa shape index (κ3) is 3.97. The van der Waals surface area contributed by atoms with Crippen LogP contribution in [0.4, 0.5) is 0 Å². The zero-order valence-electron chi connectivity index (χ0n) is 15.4. The summed E-state index contributed by atoms with van der Waals surface area (Å²) >= 11 is 0. The quantitative estimate of drug-likeness (QED) is 0.744. The van der Waals surface area contributed by atoms with Crippen molar-refractivity contribution in [2.75, 3.05) is 19.7 Å². The number of hydrogen-bond donors (Lipinski definition) is 0. The summed E-state index contributed by atoms with van der Waals surface area (Å²) in [5, 5.41) is 1.78. The lowest BCUT2D eigenvalue weighted by atomic mass is 9.86. The van der Waals surface area contributed by atoms with Gasteiger partial charge in [0.15, 0.2) is 0 Å². The molecule has 138 valence electrons. The second kappa shape index (κ2) is 8.97. The minimum absolute atomic E-state index is 0.370. The van der Waals surface area contributed by atoms with Gasteiger partial charge in [0.1, 0.15) is 0 Å². The average molecular weight is 353 g/mol. The standard InChI is InChI=1S/C22H27NO3/c1-2-18-25-22(19-12-6-3-7-13-19,20-14-8-4-9-15-20)21(24)26-23-16-10-5-11-17-23/h3-4,6-9,12-15H,2,5,10-11,16-18H2,1H3. The van der Waals surface area contributed by atoms with E-state index in [1.807, 2.05) is 67.6 Å². The predicted molar refractivity (Wildman–Crippen MR) is 101 cm³/mol. The molecule has 1 fully saturated rings. The summed E-state index contributed by atoms with van der Waals surface area (Å²) in [6.07, 6.45) is 4.10. The number of piperidine rings is 1. The Bertz CT molecular complexity index is 642. The molecule has 4 nitrogen and oxygen atoms in total. The Balaban J connectivity index is 2.02. The Kier molecular flexibility index (Phi) is 6.42. The van der Waals surface area contributed by atoms with Crippen molar-refractivity contribution in [3.8, 4) is 0 Å². The van der Waals surface area contributed by atoms with E-state index >= 15 is 0 Å². The monoisotopic (exact) mass is 353 g/mol. The van der Waals surface area contributed by atoms with Crippen LogP contribution in [-0.4, -0.2) is 30.7 Å². The third-order valence-corrected chi connectivity index (χ3v) is 4.70. The molecule has 1 aliphatic rings. The molecule has 26 heavy (non-hydrogen) atoms. The predicted octanol–water partition coefficient (Wildman–Crippen LogP) is 4.30. The molecule has 0 unspecified atom stereocenters. The minimum Gasteiger partial charge on any atom is -0.365 e. The molecule has 0 radical (unpaired) electrons. The highest BCUT2D eigenvalue weighted by molar-refractivity contribution is 5.85. The molecule has 0 amide bonds. The average Bonchev–Trinajstić information content (AvgIpc) is 2.71. The summed E-state index contributed by atoms with van der Waals surface area (Å²) in [6, 6.07) is 19.3.